The highest BCUT2D eigenvalue weighted by Crippen LogP contribution is 2.27. The van der Waals surface area contributed by atoms with Crippen LogP contribution in [0.2, 0.25) is 0 Å². The zero-order valence-corrected chi connectivity index (χ0v) is 24.0. The van der Waals surface area contributed by atoms with Gasteiger partial charge in [0.2, 0.25) is 0 Å². The molecule has 0 heteroatoms. The van der Waals surface area contributed by atoms with Crippen LogP contribution < -0.4 is 0 Å². The first-order valence-corrected chi connectivity index (χ1v) is 15.4. The molecule has 0 aromatic carbocycles. The minimum Gasteiger partial charge on any atom is -0.0654 e. The van der Waals surface area contributed by atoms with Crippen molar-refractivity contribution < 1.29 is 0 Å². The summed E-state index contributed by atoms with van der Waals surface area (Å²) in [6.45, 7) is 17.1. The topological polar surface area (TPSA) is 0 Å². The van der Waals surface area contributed by atoms with Crippen LogP contribution in [0.3, 0.4) is 0 Å². The molecule has 0 rings (SSSR count). The molecule has 0 aliphatic rings. The van der Waals surface area contributed by atoms with Gasteiger partial charge < -0.3 is 0 Å². The maximum absolute atomic E-state index is 2.52. The first kappa shape index (κ1) is 32.0. The lowest BCUT2D eigenvalue weighted by Gasteiger charge is -2.22. The zero-order valence-electron chi connectivity index (χ0n) is 24.0. The van der Waals surface area contributed by atoms with E-state index < -0.39 is 0 Å². The summed E-state index contributed by atoms with van der Waals surface area (Å²) < 4.78 is 0. The molecule has 0 spiro atoms. The van der Waals surface area contributed by atoms with Gasteiger partial charge in [-0.1, -0.05) is 177 Å². The summed E-state index contributed by atoms with van der Waals surface area (Å²) in [4.78, 5) is 0. The molecule has 0 heterocycles. The van der Waals surface area contributed by atoms with Crippen LogP contribution in [0.25, 0.3) is 0 Å². The van der Waals surface area contributed by atoms with Crippen molar-refractivity contribution in [1.29, 1.82) is 0 Å². The van der Waals surface area contributed by atoms with Crippen molar-refractivity contribution >= 4 is 0 Å². The maximum Gasteiger partial charge on any atom is -0.0417 e. The second-order valence-corrected chi connectivity index (χ2v) is 12.1. The monoisotopic (exact) mass is 451 g/mol. The largest absolute Gasteiger partial charge is 0.0654 e. The number of rotatable bonds is 24. The molecule has 0 aromatic rings. The van der Waals surface area contributed by atoms with Gasteiger partial charge in [-0.3, -0.25) is 0 Å². The lowest BCUT2D eigenvalue weighted by Crippen LogP contribution is -2.10. The van der Waals surface area contributed by atoms with E-state index in [0.717, 1.165) is 29.6 Å². The molecule has 0 radical (unpaired) electrons. The van der Waals surface area contributed by atoms with Gasteiger partial charge in [0.05, 0.1) is 0 Å². The Morgan fingerprint density at radius 1 is 0.312 bits per heavy atom. The van der Waals surface area contributed by atoms with Crippen molar-refractivity contribution in [2.45, 2.75) is 177 Å². The molecule has 0 fully saturated rings. The van der Waals surface area contributed by atoms with Crippen LogP contribution in [0.15, 0.2) is 0 Å². The van der Waals surface area contributed by atoms with Gasteiger partial charge in [0.1, 0.15) is 0 Å². The van der Waals surface area contributed by atoms with Crippen LogP contribution >= 0.6 is 0 Å². The Hall–Kier alpha value is 0. The van der Waals surface area contributed by atoms with E-state index in [4.69, 9.17) is 0 Å². The first-order valence-electron chi connectivity index (χ1n) is 15.4. The molecule has 0 bridgehead atoms. The molecular formula is C32H66. The maximum atomic E-state index is 2.52. The third-order valence-corrected chi connectivity index (χ3v) is 8.44. The Morgan fingerprint density at radius 3 is 1.16 bits per heavy atom. The molecule has 0 aliphatic heterocycles. The summed E-state index contributed by atoms with van der Waals surface area (Å²) in [5, 5.41) is 0. The summed E-state index contributed by atoms with van der Waals surface area (Å²) in [7, 11) is 0. The van der Waals surface area contributed by atoms with Crippen LogP contribution in [0, 0.1) is 29.6 Å². The van der Waals surface area contributed by atoms with Crippen LogP contribution in [0.4, 0.5) is 0 Å². The molecule has 5 atom stereocenters. The van der Waals surface area contributed by atoms with Crippen LogP contribution in [-0.4, -0.2) is 0 Å². The molecule has 0 saturated carbocycles. The van der Waals surface area contributed by atoms with Gasteiger partial charge in [0.25, 0.3) is 0 Å². The fraction of sp³-hybridized carbons (Fsp3) is 1.00. The standard InChI is InChI=1S/C32H66/c1-8-10-12-14-16-21-29(4)24-19-25-31(6)32(7)27-26-30(5)23-18-17-22-28(3)20-15-13-11-9-2/h28-32H,8-27H2,1-7H3. The highest BCUT2D eigenvalue weighted by Gasteiger charge is 2.14. The molecule has 0 N–H and O–H groups in total. The summed E-state index contributed by atoms with van der Waals surface area (Å²) in [6.07, 6.45) is 28.9. The quantitative estimate of drug-likeness (QED) is 0.128. The van der Waals surface area contributed by atoms with Crippen LogP contribution in [0.1, 0.15) is 177 Å². The van der Waals surface area contributed by atoms with Crippen molar-refractivity contribution in [3.8, 4) is 0 Å². The summed E-state index contributed by atoms with van der Waals surface area (Å²) in [5.41, 5.74) is 0. The molecule has 0 saturated heterocycles. The van der Waals surface area contributed by atoms with Crippen molar-refractivity contribution in [2.75, 3.05) is 0 Å². The number of hydrogen-bond donors (Lipinski definition) is 0. The van der Waals surface area contributed by atoms with Gasteiger partial charge in [-0.05, 0) is 29.6 Å². The van der Waals surface area contributed by atoms with E-state index in [2.05, 4.69) is 48.5 Å². The summed E-state index contributed by atoms with van der Waals surface area (Å²) in [6, 6.07) is 0. The predicted molar refractivity (Wildman–Crippen MR) is 150 cm³/mol. The average Bonchev–Trinajstić information content (AvgIpc) is 2.77. The van der Waals surface area contributed by atoms with Crippen molar-refractivity contribution in [1.82, 2.24) is 0 Å². The van der Waals surface area contributed by atoms with E-state index in [1.54, 1.807) is 0 Å². The fourth-order valence-corrected chi connectivity index (χ4v) is 5.34. The second kappa shape index (κ2) is 22.8. The Balaban J connectivity index is 3.67. The molecule has 0 aliphatic carbocycles. The first-order chi connectivity index (χ1) is 15.4. The molecule has 194 valence electrons. The van der Waals surface area contributed by atoms with Crippen molar-refractivity contribution in [3.05, 3.63) is 0 Å². The Kier molecular flexibility index (Phi) is 22.8. The van der Waals surface area contributed by atoms with E-state index in [1.165, 1.54) is 128 Å². The van der Waals surface area contributed by atoms with Gasteiger partial charge in [-0.2, -0.15) is 0 Å². The van der Waals surface area contributed by atoms with Crippen molar-refractivity contribution in [3.63, 3.8) is 0 Å². The molecule has 0 aromatic heterocycles. The Labute approximate surface area is 206 Å². The lowest BCUT2D eigenvalue weighted by atomic mass is 9.84. The highest BCUT2D eigenvalue weighted by atomic mass is 14.2. The van der Waals surface area contributed by atoms with Crippen LogP contribution in [0.5, 0.6) is 0 Å². The van der Waals surface area contributed by atoms with E-state index in [1.807, 2.05) is 0 Å². The van der Waals surface area contributed by atoms with Gasteiger partial charge in [-0.25, -0.2) is 0 Å². The van der Waals surface area contributed by atoms with E-state index in [9.17, 15) is 0 Å². The van der Waals surface area contributed by atoms with E-state index in [-0.39, 0.29) is 0 Å². The zero-order chi connectivity index (χ0) is 24.0. The smallest absolute Gasteiger partial charge is 0.0417 e. The fourth-order valence-electron chi connectivity index (χ4n) is 5.34. The second-order valence-electron chi connectivity index (χ2n) is 12.1. The lowest BCUT2D eigenvalue weighted by molar-refractivity contribution is 0.294. The SMILES string of the molecule is CCCCCCCC(C)CCCC(C)C(C)CCC(C)CCCCC(C)CCCCCC. The Bertz CT molecular complexity index is 359. The summed E-state index contributed by atoms with van der Waals surface area (Å²) in [5.74, 6) is 4.64. The minimum atomic E-state index is 0.907. The molecule has 32 heavy (non-hydrogen) atoms. The van der Waals surface area contributed by atoms with Gasteiger partial charge in [0, 0.05) is 0 Å². The minimum absolute atomic E-state index is 0.907. The molecule has 0 amide bonds. The Morgan fingerprint density at radius 2 is 0.656 bits per heavy atom. The summed E-state index contributed by atoms with van der Waals surface area (Å²) >= 11 is 0. The van der Waals surface area contributed by atoms with Gasteiger partial charge >= 0.3 is 0 Å². The normalized spacial score (nSPS) is 16.6. The van der Waals surface area contributed by atoms with Gasteiger partial charge in [0.15, 0.2) is 0 Å². The third kappa shape index (κ3) is 20.6. The van der Waals surface area contributed by atoms with Gasteiger partial charge in [-0.15, -0.1) is 0 Å². The van der Waals surface area contributed by atoms with E-state index in [0.29, 0.717) is 0 Å². The number of hydrogen-bond acceptors (Lipinski definition) is 0. The predicted octanol–water partition coefficient (Wildman–Crippen LogP) is 12.0. The highest BCUT2D eigenvalue weighted by molar-refractivity contribution is 4.66. The number of unbranched alkanes of at least 4 members (excludes halogenated alkanes) is 8. The van der Waals surface area contributed by atoms with E-state index >= 15 is 0 Å². The average molecular weight is 451 g/mol. The van der Waals surface area contributed by atoms with Crippen LogP contribution in [-0.2, 0) is 0 Å². The third-order valence-electron chi connectivity index (χ3n) is 8.44. The molecular weight excluding hydrogens is 384 g/mol. The van der Waals surface area contributed by atoms with Crippen molar-refractivity contribution in [2.24, 2.45) is 29.6 Å². The molecule has 5 unspecified atom stereocenters. The molecule has 0 nitrogen and oxygen atoms in total.